The number of amides is 1. The second-order valence-corrected chi connectivity index (χ2v) is 8.17. The van der Waals surface area contributed by atoms with Crippen molar-refractivity contribution in [3.63, 3.8) is 0 Å². The zero-order valence-corrected chi connectivity index (χ0v) is 17.2. The smallest absolute Gasteiger partial charge is 0.475 e. The van der Waals surface area contributed by atoms with Crippen LogP contribution < -0.4 is 5.32 Å². The molecule has 2 aliphatic heterocycles. The van der Waals surface area contributed by atoms with E-state index in [-0.39, 0.29) is 17.9 Å². The topological polar surface area (TPSA) is 105 Å². The Balaban J connectivity index is 0.000000339. The van der Waals surface area contributed by atoms with Crippen LogP contribution in [0.25, 0.3) is 0 Å². The van der Waals surface area contributed by atoms with Crippen molar-refractivity contribution in [2.75, 3.05) is 19.7 Å². The van der Waals surface area contributed by atoms with Gasteiger partial charge in [0, 0.05) is 37.2 Å². The van der Waals surface area contributed by atoms with Crippen LogP contribution in [0.2, 0.25) is 0 Å². The lowest BCUT2D eigenvalue weighted by atomic mass is 9.82. The second-order valence-electron chi connectivity index (χ2n) is 7.19. The molecule has 170 valence electrons. The monoisotopic (exact) mass is 461 g/mol. The zero-order chi connectivity index (χ0) is 22.4. The number of thiazole rings is 1. The molecular formula is C19H22F3N3O5S. The summed E-state index contributed by atoms with van der Waals surface area (Å²) in [6.07, 6.45) is -0.516. The summed E-state index contributed by atoms with van der Waals surface area (Å²) < 4.78 is 42.9. The lowest BCUT2D eigenvalue weighted by Gasteiger charge is -2.38. The molecule has 0 aromatic carbocycles. The maximum absolute atomic E-state index is 12.7. The first-order valence-electron chi connectivity index (χ1n) is 9.56. The minimum Gasteiger partial charge on any atom is -0.475 e. The quantitative estimate of drug-likeness (QED) is 0.705. The molecule has 0 bridgehead atoms. The van der Waals surface area contributed by atoms with Gasteiger partial charge in [-0.05, 0) is 18.6 Å². The van der Waals surface area contributed by atoms with Gasteiger partial charge >= 0.3 is 12.1 Å². The van der Waals surface area contributed by atoms with Gasteiger partial charge in [0.15, 0.2) is 0 Å². The fourth-order valence-corrected chi connectivity index (χ4v) is 4.36. The number of aromatic nitrogens is 1. The Hall–Kier alpha value is -2.44. The number of rotatable bonds is 5. The summed E-state index contributed by atoms with van der Waals surface area (Å²) in [5, 5.41) is 13.2. The summed E-state index contributed by atoms with van der Waals surface area (Å²) in [4.78, 5) is 28.3. The van der Waals surface area contributed by atoms with Gasteiger partial charge < -0.3 is 19.6 Å². The van der Waals surface area contributed by atoms with Crippen molar-refractivity contribution in [3.05, 3.63) is 40.7 Å². The van der Waals surface area contributed by atoms with Gasteiger partial charge in [-0.3, -0.25) is 9.69 Å². The number of carboxylic acids is 1. The van der Waals surface area contributed by atoms with E-state index in [0.717, 1.165) is 43.4 Å². The fourth-order valence-electron chi connectivity index (χ4n) is 3.70. The van der Waals surface area contributed by atoms with Crippen LogP contribution in [0.5, 0.6) is 0 Å². The number of aliphatic carboxylic acids is 1. The van der Waals surface area contributed by atoms with Crippen molar-refractivity contribution in [1.82, 2.24) is 15.2 Å². The van der Waals surface area contributed by atoms with Gasteiger partial charge in [-0.1, -0.05) is 0 Å². The Bertz CT molecular complexity index is 845. The minimum atomic E-state index is -5.08. The first-order valence-corrected chi connectivity index (χ1v) is 10.4. The average Bonchev–Trinajstić information content (AvgIpc) is 3.47. The number of fused-ring (bicyclic) bond motifs is 1. The summed E-state index contributed by atoms with van der Waals surface area (Å²) in [5.41, 5.74) is 0. The molecular weight excluding hydrogens is 439 g/mol. The van der Waals surface area contributed by atoms with E-state index in [4.69, 9.17) is 19.1 Å². The van der Waals surface area contributed by atoms with Crippen molar-refractivity contribution >= 4 is 23.2 Å². The van der Waals surface area contributed by atoms with E-state index in [1.807, 2.05) is 23.7 Å². The number of nitrogens with zero attached hydrogens (tertiary/aromatic N) is 2. The molecule has 2 aromatic rings. The molecule has 0 unspecified atom stereocenters. The van der Waals surface area contributed by atoms with Crippen LogP contribution in [-0.4, -0.2) is 58.8 Å². The molecule has 4 rings (SSSR count). The highest BCUT2D eigenvalue weighted by atomic mass is 32.1. The van der Waals surface area contributed by atoms with Crippen LogP contribution >= 0.6 is 11.3 Å². The highest BCUT2D eigenvalue weighted by molar-refractivity contribution is 7.09. The van der Waals surface area contributed by atoms with E-state index >= 15 is 0 Å². The molecule has 2 saturated heterocycles. The number of halogens is 3. The van der Waals surface area contributed by atoms with Gasteiger partial charge in [0.05, 0.1) is 31.4 Å². The Morgan fingerprint density at radius 3 is 2.74 bits per heavy atom. The molecule has 3 atom stereocenters. The first kappa shape index (κ1) is 23.2. The van der Waals surface area contributed by atoms with E-state index < -0.39 is 12.1 Å². The third-order valence-corrected chi connectivity index (χ3v) is 5.87. The molecule has 31 heavy (non-hydrogen) atoms. The molecule has 12 heteroatoms. The van der Waals surface area contributed by atoms with Gasteiger partial charge in [-0.25, -0.2) is 9.78 Å². The Kier molecular flexibility index (Phi) is 7.68. The third kappa shape index (κ3) is 6.52. The number of alkyl halides is 3. The second kappa shape index (κ2) is 10.2. The molecule has 0 radical (unpaired) electrons. The summed E-state index contributed by atoms with van der Waals surface area (Å²) in [7, 11) is 0. The van der Waals surface area contributed by atoms with Crippen LogP contribution in [0.15, 0.2) is 34.4 Å². The Labute approximate surface area is 180 Å². The van der Waals surface area contributed by atoms with E-state index in [9.17, 15) is 18.0 Å². The summed E-state index contributed by atoms with van der Waals surface area (Å²) in [6.45, 7) is 3.61. The molecule has 2 fully saturated rings. The van der Waals surface area contributed by atoms with Crippen LogP contribution in [0.3, 0.4) is 0 Å². The van der Waals surface area contributed by atoms with Gasteiger partial charge in [0.2, 0.25) is 5.91 Å². The molecule has 8 nitrogen and oxygen atoms in total. The maximum atomic E-state index is 12.7. The lowest BCUT2D eigenvalue weighted by Crippen LogP contribution is -2.52. The van der Waals surface area contributed by atoms with Crippen LogP contribution in [0.4, 0.5) is 13.2 Å². The number of furan rings is 1. The molecule has 4 heterocycles. The molecule has 0 aliphatic carbocycles. The van der Waals surface area contributed by atoms with Crippen molar-refractivity contribution < 1.29 is 37.0 Å². The number of piperidine rings is 1. The third-order valence-electron chi connectivity index (χ3n) is 5.11. The highest BCUT2D eigenvalue weighted by Gasteiger charge is 2.44. The van der Waals surface area contributed by atoms with Crippen molar-refractivity contribution in [3.8, 4) is 0 Å². The summed E-state index contributed by atoms with van der Waals surface area (Å²) >= 11 is 1.65. The van der Waals surface area contributed by atoms with Crippen molar-refractivity contribution in [2.24, 2.45) is 11.8 Å². The standard InChI is InChI=1S/C17H21N3O3S.C2HF3O2/c21-17(19-8-12-2-1-5-22-12)14-9-20(11-16-18-4-7-24-16)10-15-13(14)3-6-23-15;3-2(4,5)1(6)7/h1-2,4-5,7,13-15H,3,6,8-11H2,(H,19,21);(H,6,7)/t13-,14+,15+;/m0./s1. The molecule has 2 aromatic heterocycles. The lowest BCUT2D eigenvalue weighted by molar-refractivity contribution is -0.192. The number of likely N-dealkylation sites (tertiary alicyclic amines) is 1. The van der Waals surface area contributed by atoms with Crippen LogP contribution in [-0.2, 0) is 27.4 Å². The SMILES string of the molecule is O=C(NCc1ccco1)[C@@H]1CN(Cc2nccs2)C[C@H]2OCC[C@H]21.O=C(O)C(F)(F)F. The number of nitrogens with one attached hydrogen (secondary N) is 1. The number of carbonyl (C=O) groups is 2. The van der Waals surface area contributed by atoms with Gasteiger partial charge in [-0.2, -0.15) is 13.2 Å². The van der Waals surface area contributed by atoms with Gasteiger partial charge in [0.1, 0.15) is 10.8 Å². The fraction of sp³-hybridized carbons (Fsp3) is 0.526. The largest absolute Gasteiger partial charge is 0.490 e. The number of carbonyl (C=O) groups excluding carboxylic acids is 1. The molecule has 1 amide bonds. The first-order chi connectivity index (χ1) is 14.7. The maximum Gasteiger partial charge on any atom is 0.490 e. The van der Waals surface area contributed by atoms with Crippen LogP contribution in [0.1, 0.15) is 17.2 Å². The average molecular weight is 461 g/mol. The Morgan fingerprint density at radius 1 is 1.35 bits per heavy atom. The number of hydrogen-bond donors (Lipinski definition) is 2. The van der Waals surface area contributed by atoms with Crippen molar-refractivity contribution in [1.29, 1.82) is 0 Å². The molecule has 2 N–H and O–H groups in total. The van der Waals surface area contributed by atoms with E-state index in [1.165, 1.54) is 0 Å². The number of carboxylic acid groups (broad SMARTS) is 1. The van der Waals surface area contributed by atoms with Crippen molar-refractivity contribution in [2.45, 2.75) is 31.8 Å². The normalized spacial score (nSPS) is 23.5. The predicted molar refractivity (Wildman–Crippen MR) is 103 cm³/mol. The van der Waals surface area contributed by atoms with Gasteiger partial charge in [0.25, 0.3) is 0 Å². The Morgan fingerprint density at radius 2 is 2.13 bits per heavy atom. The van der Waals surface area contributed by atoms with E-state index in [2.05, 4.69) is 15.2 Å². The minimum absolute atomic E-state index is 0.0406. The van der Waals surface area contributed by atoms with E-state index in [1.54, 1.807) is 17.6 Å². The number of hydrogen-bond acceptors (Lipinski definition) is 7. The van der Waals surface area contributed by atoms with Gasteiger partial charge in [-0.15, -0.1) is 11.3 Å². The summed E-state index contributed by atoms with van der Waals surface area (Å²) in [5.74, 6) is -1.61. The number of ether oxygens (including phenoxy) is 1. The van der Waals surface area contributed by atoms with E-state index in [0.29, 0.717) is 12.5 Å². The molecule has 0 spiro atoms. The molecule has 2 aliphatic rings. The molecule has 0 saturated carbocycles. The highest BCUT2D eigenvalue weighted by Crippen LogP contribution is 2.34. The van der Waals surface area contributed by atoms with Crippen LogP contribution in [0, 0.1) is 11.8 Å². The summed E-state index contributed by atoms with van der Waals surface area (Å²) in [6, 6.07) is 3.70. The zero-order valence-electron chi connectivity index (χ0n) is 16.4. The predicted octanol–water partition coefficient (Wildman–Crippen LogP) is 2.52.